The van der Waals surface area contributed by atoms with Gasteiger partial charge in [0.05, 0.1) is 7.11 Å². The maximum atomic E-state index is 13.3. The van der Waals surface area contributed by atoms with Gasteiger partial charge in [-0.25, -0.2) is 4.39 Å². The van der Waals surface area contributed by atoms with E-state index >= 15 is 0 Å². The summed E-state index contributed by atoms with van der Waals surface area (Å²) in [5.41, 5.74) is 0.726. The molecule has 30 heavy (non-hydrogen) atoms. The smallest absolute Gasteiger partial charge is 0.261 e. The quantitative estimate of drug-likeness (QED) is 0.608. The van der Waals surface area contributed by atoms with Crippen LogP contribution < -0.4 is 14.8 Å². The molecule has 0 aliphatic rings. The van der Waals surface area contributed by atoms with Crippen molar-refractivity contribution in [2.75, 3.05) is 20.3 Å². The van der Waals surface area contributed by atoms with Gasteiger partial charge in [-0.15, -0.1) is 0 Å². The molecular formula is C23H29FN2O4. The number of hydrogen-bond donors (Lipinski definition) is 1. The molecule has 0 heterocycles. The molecule has 0 fully saturated rings. The van der Waals surface area contributed by atoms with E-state index < -0.39 is 6.04 Å². The third-order valence-corrected chi connectivity index (χ3v) is 4.62. The fourth-order valence-corrected chi connectivity index (χ4v) is 3.03. The van der Waals surface area contributed by atoms with Crippen molar-refractivity contribution >= 4 is 11.8 Å². The van der Waals surface area contributed by atoms with Gasteiger partial charge in [0, 0.05) is 13.1 Å². The highest BCUT2D eigenvalue weighted by molar-refractivity contribution is 5.88. The van der Waals surface area contributed by atoms with Crippen LogP contribution in [0.1, 0.15) is 32.3 Å². The zero-order valence-corrected chi connectivity index (χ0v) is 17.7. The number of ether oxygens (including phenoxy) is 2. The first-order valence-corrected chi connectivity index (χ1v) is 10.1. The molecule has 7 heteroatoms. The molecule has 2 aromatic carbocycles. The van der Waals surface area contributed by atoms with E-state index in [2.05, 4.69) is 5.32 Å². The van der Waals surface area contributed by atoms with Gasteiger partial charge in [0.15, 0.2) is 18.1 Å². The second-order valence-corrected chi connectivity index (χ2v) is 6.80. The van der Waals surface area contributed by atoms with E-state index in [1.54, 1.807) is 36.4 Å². The van der Waals surface area contributed by atoms with E-state index in [0.717, 1.165) is 12.0 Å². The van der Waals surface area contributed by atoms with Crippen molar-refractivity contribution in [2.24, 2.45) is 0 Å². The number of carbonyl (C=O) groups is 2. The zero-order valence-electron chi connectivity index (χ0n) is 17.7. The molecule has 1 N–H and O–H groups in total. The molecule has 162 valence electrons. The summed E-state index contributed by atoms with van der Waals surface area (Å²) in [5, 5.41) is 2.85. The van der Waals surface area contributed by atoms with Gasteiger partial charge in [-0.1, -0.05) is 38.1 Å². The van der Waals surface area contributed by atoms with Crippen molar-refractivity contribution in [2.45, 2.75) is 39.3 Å². The van der Waals surface area contributed by atoms with Crippen LogP contribution in [0, 0.1) is 5.82 Å². The SMILES string of the molecule is CCCNC(=O)[C@H](CC)N(Cc1ccc(F)cc1)C(=O)COc1ccccc1OC. The minimum atomic E-state index is -0.657. The lowest BCUT2D eigenvalue weighted by molar-refractivity contribution is -0.143. The van der Waals surface area contributed by atoms with E-state index in [1.807, 2.05) is 13.8 Å². The maximum absolute atomic E-state index is 13.3. The summed E-state index contributed by atoms with van der Waals surface area (Å²) in [5.74, 6) is 0.0429. The standard InChI is InChI=1S/C23H29FN2O4/c1-4-14-25-23(28)19(5-2)26(15-17-10-12-18(24)13-11-17)22(27)16-30-21-9-7-6-8-20(21)29-3/h6-13,19H,4-5,14-16H2,1-3H3,(H,25,28)/t19-/m0/s1. The Hall–Kier alpha value is -3.09. The molecule has 0 aliphatic heterocycles. The summed E-state index contributed by atoms with van der Waals surface area (Å²) in [6.07, 6.45) is 1.24. The van der Waals surface area contributed by atoms with Gasteiger partial charge in [0.2, 0.25) is 5.91 Å². The van der Waals surface area contributed by atoms with Gasteiger partial charge in [0.1, 0.15) is 11.9 Å². The second-order valence-electron chi connectivity index (χ2n) is 6.80. The number of nitrogens with zero attached hydrogens (tertiary/aromatic N) is 1. The van der Waals surface area contributed by atoms with Crippen LogP contribution in [-0.4, -0.2) is 43.0 Å². The van der Waals surface area contributed by atoms with E-state index in [9.17, 15) is 14.0 Å². The third kappa shape index (κ3) is 6.47. The topological polar surface area (TPSA) is 67.9 Å². The first-order chi connectivity index (χ1) is 14.5. The van der Waals surface area contributed by atoms with E-state index in [0.29, 0.717) is 24.5 Å². The van der Waals surface area contributed by atoms with E-state index in [1.165, 1.54) is 24.1 Å². The zero-order chi connectivity index (χ0) is 21.9. The number of para-hydroxylation sites is 2. The van der Waals surface area contributed by atoms with E-state index in [-0.39, 0.29) is 30.8 Å². The van der Waals surface area contributed by atoms with Gasteiger partial charge >= 0.3 is 0 Å². The minimum Gasteiger partial charge on any atom is -0.493 e. The molecule has 0 saturated carbocycles. The number of benzene rings is 2. The number of hydrogen-bond acceptors (Lipinski definition) is 4. The van der Waals surface area contributed by atoms with Crippen LogP contribution >= 0.6 is 0 Å². The Morgan fingerprint density at radius 3 is 2.33 bits per heavy atom. The summed E-state index contributed by atoms with van der Waals surface area (Å²) < 4.78 is 24.2. The number of halogens is 1. The normalized spacial score (nSPS) is 11.5. The van der Waals surface area contributed by atoms with Crippen LogP contribution in [0.2, 0.25) is 0 Å². The number of methoxy groups -OCH3 is 1. The Balaban J connectivity index is 2.20. The van der Waals surface area contributed by atoms with Crippen LogP contribution in [0.4, 0.5) is 4.39 Å². The van der Waals surface area contributed by atoms with Gasteiger partial charge in [-0.05, 0) is 42.7 Å². The monoisotopic (exact) mass is 416 g/mol. The maximum Gasteiger partial charge on any atom is 0.261 e. The lowest BCUT2D eigenvalue weighted by Crippen LogP contribution is -2.50. The summed E-state index contributed by atoms with van der Waals surface area (Å²) in [6, 6.07) is 12.3. The molecule has 0 aliphatic carbocycles. The average Bonchev–Trinajstić information content (AvgIpc) is 2.77. The van der Waals surface area contributed by atoms with Gasteiger partial charge < -0.3 is 19.7 Å². The molecular weight excluding hydrogens is 387 g/mol. The predicted octanol–water partition coefficient (Wildman–Crippen LogP) is 3.55. The van der Waals surface area contributed by atoms with Crippen molar-refractivity contribution in [3.63, 3.8) is 0 Å². The van der Waals surface area contributed by atoms with Gasteiger partial charge in [0.25, 0.3) is 5.91 Å². The molecule has 2 amide bonds. The molecule has 1 atom stereocenters. The van der Waals surface area contributed by atoms with E-state index in [4.69, 9.17) is 9.47 Å². The molecule has 2 aromatic rings. The van der Waals surface area contributed by atoms with Crippen LogP contribution in [-0.2, 0) is 16.1 Å². The van der Waals surface area contributed by atoms with Crippen molar-refractivity contribution in [3.8, 4) is 11.5 Å². The Bertz CT molecular complexity index is 826. The van der Waals surface area contributed by atoms with Crippen molar-refractivity contribution < 1.29 is 23.5 Å². The molecule has 6 nitrogen and oxygen atoms in total. The molecule has 0 radical (unpaired) electrons. The first-order valence-electron chi connectivity index (χ1n) is 10.1. The van der Waals surface area contributed by atoms with Crippen LogP contribution in [0.15, 0.2) is 48.5 Å². The summed E-state index contributed by atoms with van der Waals surface area (Å²) in [7, 11) is 1.52. The molecule has 0 unspecified atom stereocenters. The fraction of sp³-hybridized carbons (Fsp3) is 0.391. The van der Waals surface area contributed by atoms with Gasteiger partial charge in [-0.2, -0.15) is 0 Å². The lowest BCUT2D eigenvalue weighted by Gasteiger charge is -2.30. The summed E-state index contributed by atoms with van der Waals surface area (Å²) in [6.45, 7) is 4.27. The number of amides is 2. The Morgan fingerprint density at radius 2 is 1.73 bits per heavy atom. The van der Waals surface area contributed by atoms with Crippen LogP contribution in [0.5, 0.6) is 11.5 Å². The average molecular weight is 416 g/mol. The van der Waals surface area contributed by atoms with Crippen molar-refractivity contribution in [1.29, 1.82) is 0 Å². The first kappa shape index (κ1) is 23.2. The molecule has 2 rings (SSSR count). The van der Waals surface area contributed by atoms with Crippen LogP contribution in [0.3, 0.4) is 0 Å². The highest BCUT2D eigenvalue weighted by Crippen LogP contribution is 2.26. The Labute approximate surface area is 177 Å². The van der Waals surface area contributed by atoms with Crippen LogP contribution in [0.25, 0.3) is 0 Å². The molecule has 0 saturated heterocycles. The number of nitrogens with one attached hydrogen (secondary N) is 1. The second kappa shape index (κ2) is 11.8. The lowest BCUT2D eigenvalue weighted by atomic mass is 10.1. The third-order valence-electron chi connectivity index (χ3n) is 4.62. The van der Waals surface area contributed by atoms with Crippen molar-refractivity contribution in [3.05, 3.63) is 59.9 Å². The molecule has 0 bridgehead atoms. The van der Waals surface area contributed by atoms with Crippen molar-refractivity contribution in [1.82, 2.24) is 10.2 Å². The highest BCUT2D eigenvalue weighted by atomic mass is 19.1. The fourth-order valence-electron chi connectivity index (χ4n) is 3.03. The Kier molecular flexibility index (Phi) is 9.12. The predicted molar refractivity (Wildman–Crippen MR) is 113 cm³/mol. The molecule has 0 spiro atoms. The summed E-state index contributed by atoms with van der Waals surface area (Å²) in [4.78, 5) is 27.2. The molecule has 0 aromatic heterocycles. The highest BCUT2D eigenvalue weighted by Gasteiger charge is 2.29. The summed E-state index contributed by atoms with van der Waals surface area (Å²) >= 11 is 0. The number of rotatable bonds is 11. The largest absolute Gasteiger partial charge is 0.493 e. The minimum absolute atomic E-state index is 0.173. The Morgan fingerprint density at radius 1 is 1.07 bits per heavy atom. The van der Waals surface area contributed by atoms with Gasteiger partial charge in [-0.3, -0.25) is 9.59 Å². The number of carbonyl (C=O) groups excluding carboxylic acids is 2.